The van der Waals surface area contributed by atoms with Crippen molar-refractivity contribution in [2.75, 3.05) is 18.4 Å². The Kier molecular flexibility index (Phi) is 5.87. The predicted octanol–water partition coefficient (Wildman–Crippen LogP) is 1.54. The molecule has 142 valence electrons. The molecule has 1 aromatic heterocycles. The van der Waals surface area contributed by atoms with Gasteiger partial charge in [-0.05, 0) is 18.2 Å². The van der Waals surface area contributed by atoms with E-state index >= 15 is 0 Å². The van der Waals surface area contributed by atoms with Crippen LogP contribution in [0, 0.1) is 0 Å². The molecule has 0 unspecified atom stereocenters. The zero-order chi connectivity index (χ0) is 19.4. The third-order valence-corrected chi connectivity index (χ3v) is 4.45. The lowest BCUT2D eigenvalue weighted by atomic mass is 10.2. The van der Waals surface area contributed by atoms with Gasteiger partial charge in [-0.25, -0.2) is 22.9 Å². The summed E-state index contributed by atoms with van der Waals surface area (Å²) in [6.45, 7) is -0.189. The topological polar surface area (TPSA) is 105 Å². The molecule has 0 saturated heterocycles. The molecule has 0 aliphatic rings. The van der Waals surface area contributed by atoms with Crippen molar-refractivity contribution >= 4 is 21.7 Å². The molecule has 2 aromatic rings. The van der Waals surface area contributed by atoms with Crippen molar-refractivity contribution in [1.29, 1.82) is 0 Å². The van der Waals surface area contributed by atoms with Crippen LogP contribution in [0.2, 0.25) is 0 Å². The van der Waals surface area contributed by atoms with E-state index in [1.165, 1.54) is 29.2 Å². The number of hydrogen-bond acceptors (Lipinski definition) is 4. The number of carbonyl (C=O) groups excluding carboxylic acids is 1. The Morgan fingerprint density at radius 3 is 2.62 bits per heavy atom. The minimum absolute atomic E-state index is 0.0357. The Morgan fingerprint density at radius 1 is 1.27 bits per heavy atom. The summed E-state index contributed by atoms with van der Waals surface area (Å²) in [5, 5.41) is 4.42. The zero-order valence-corrected chi connectivity index (χ0v) is 14.4. The van der Waals surface area contributed by atoms with Crippen molar-refractivity contribution in [2.45, 2.75) is 11.2 Å². The number of benzene rings is 1. The van der Waals surface area contributed by atoms with E-state index < -0.39 is 27.8 Å². The molecular weight excluding hydrogens is 375 g/mol. The second kappa shape index (κ2) is 7.74. The number of amides is 2. The summed E-state index contributed by atoms with van der Waals surface area (Å²) in [7, 11) is -2.18. The molecule has 12 heteroatoms. The highest BCUT2D eigenvalue weighted by molar-refractivity contribution is 7.89. The molecule has 0 bridgehead atoms. The van der Waals surface area contributed by atoms with Crippen LogP contribution in [-0.4, -0.2) is 37.1 Å². The van der Waals surface area contributed by atoms with Crippen LogP contribution >= 0.6 is 0 Å². The third kappa shape index (κ3) is 5.46. The number of anilines is 1. The maximum atomic E-state index is 12.6. The van der Waals surface area contributed by atoms with Gasteiger partial charge in [0.25, 0.3) is 10.0 Å². The van der Waals surface area contributed by atoms with Crippen LogP contribution in [0.3, 0.4) is 0 Å². The molecule has 1 heterocycles. The van der Waals surface area contributed by atoms with E-state index in [9.17, 15) is 26.4 Å². The molecule has 2 rings (SSSR count). The van der Waals surface area contributed by atoms with Crippen LogP contribution in [0.25, 0.3) is 0 Å². The number of alkyl halides is 3. The van der Waals surface area contributed by atoms with Gasteiger partial charge in [0.2, 0.25) is 0 Å². The van der Waals surface area contributed by atoms with Crippen LogP contribution < -0.4 is 15.4 Å². The molecular formula is C14H16F3N5O3S. The van der Waals surface area contributed by atoms with Crippen molar-refractivity contribution in [3.63, 3.8) is 0 Å². The SMILES string of the molecule is Cn1cnc(S(=O)(=O)NCCNC(=O)Nc2cccc(C(F)(F)F)c2)c1. The second-order valence-corrected chi connectivity index (χ2v) is 6.95. The molecule has 8 nitrogen and oxygen atoms in total. The third-order valence-electron chi connectivity index (χ3n) is 3.11. The van der Waals surface area contributed by atoms with Crippen LogP contribution in [-0.2, 0) is 23.2 Å². The Labute approximate surface area is 147 Å². The van der Waals surface area contributed by atoms with Gasteiger partial charge >= 0.3 is 12.2 Å². The molecule has 26 heavy (non-hydrogen) atoms. The number of aryl methyl sites for hydroxylation is 1. The lowest BCUT2D eigenvalue weighted by Crippen LogP contribution is -2.36. The number of sulfonamides is 1. The van der Waals surface area contributed by atoms with Crippen molar-refractivity contribution < 1.29 is 26.4 Å². The Morgan fingerprint density at radius 2 is 2.00 bits per heavy atom. The lowest BCUT2D eigenvalue weighted by Gasteiger charge is -2.11. The minimum atomic E-state index is -4.52. The van der Waals surface area contributed by atoms with Crippen LogP contribution in [0.15, 0.2) is 41.8 Å². The fourth-order valence-corrected chi connectivity index (χ4v) is 2.92. The number of imidazole rings is 1. The fourth-order valence-electron chi connectivity index (χ4n) is 1.91. The Bertz CT molecular complexity index is 880. The number of hydrogen-bond donors (Lipinski definition) is 3. The van der Waals surface area contributed by atoms with E-state index in [4.69, 9.17) is 0 Å². The monoisotopic (exact) mass is 391 g/mol. The molecule has 0 spiro atoms. The van der Waals surface area contributed by atoms with Gasteiger partial charge in [-0.1, -0.05) is 6.07 Å². The fraction of sp³-hybridized carbons (Fsp3) is 0.286. The van der Waals surface area contributed by atoms with Crippen molar-refractivity contribution in [1.82, 2.24) is 19.6 Å². The lowest BCUT2D eigenvalue weighted by molar-refractivity contribution is -0.137. The van der Waals surface area contributed by atoms with Gasteiger partial charge in [-0.15, -0.1) is 0 Å². The van der Waals surface area contributed by atoms with E-state index in [2.05, 4.69) is 20.3 Å². The normalized spacial score (nSPS) is 12.0. The van der Waals surface area contributed by atoms with E-state index in [0.717, 1.165) is 12.1 Å². The molecule has 3 N–H and O–H groups in total. The Balaban J connectivity index is 1.81. The summed E-state index contributed by atoms with van der Waals surface area (Å²) >= 11 is 0. The largest absolute Gasteiger partial charge is 0.416 e. The first-order chi connectivity index (χ1) is 12.1. The number of aromatic nitrogens is 2. The van der Waals surface area contributed by atoms with Gasteiger partial charge in [0.15, 0.2) is 5.03 Å². The first-order valence-corrected chi connectivity index (χ1v) is 8.76. The maximum absolute atomic E-state index is 12.6. The molecule has 1 aromatic carbocycles. The number of nitrogens with one attached hydrogen (secondary N) is 3. The number of rotatable bonds is 6. The average molecular weight is 391 g/mol. The van der Waals surface area contributed by atoms with Crippen molar-refractivity contribution in [3.8, 4) is 0 Å². The summed E-state index contributed by atoms with van der Waals surface area (Å²) in [4.78, 5) is 15.4. The number of urea groups is 1. The molecule has 0 atom stereocenters. The number of halogens is 3. The average Bonchev–Trinajstić information content (AvgIpc) is 2.98. The van der Waals surface area contributed by atoms with Gasteiger partial charge < -0.3 is 15.2 Å². The minimum Gasteiger partial charge on any atom is -0.339 e. The van der Waals surface area contributed by atoms with E-state index in [1.54, 1.807) is 7.05 Å². The van der Waals surface area contributed by atoms with E-state index in [1.807, 2.05) is 0 Å². The Hall–Kier alpha value is -2.60. The summed E-state index contributed by atoms with van der Waals surface area (Å²) in [5.41, 5.74) is -0.926. The van der Waals surface area contributed by atoms with Gasteiger partial charge in [-0.3, -0.25) is 0 Å². The quantitative estimate of drug-likeness (QED) is 0.650. The highest BCUT2D eigenvalue weighted by Crippen LogP contribution is 2.30. The molecule has 0 radical (unpaired) electrons. The first kappa shape index (κ1) is 19.7. The molecule has 2 amide bonds. The van der Waals surface area contributed by atoms with Crippen LogP contribution in [0.4, 0.5) is 23.7 Å². The summed E-state index contributed by atoms with van der Waals surface area (Å²) in [5.74, 6) is 0. The highest BCUT2D eigenvalue weighted by atomic mass is 32.2. The standard InChI is InChI=1S/C14H16F3N5O3S/c1-22-8-12(19-9-22)26(24,25)20-6-5-18-13(23)21-11-4-2-3-10(7-11)14(15,16)17/h2-4,7-9,20H,5-6H2,1H3,(H2,18,21,23). The van der Waals surface area contributed by atoms with Crippen LogP contribution in [0.1, 0.15) is 5.56 Å². The smallest absolute Gasteiger partial charge is 0.339 e. The molecule has 0 fully saturated rings. The summed E-state index contributed by atoms with van der Waals surface area (Å²) < 4.78 is 65.3. The predicted molar refractivity (Wildman–Crippen MR) is 86.9 cm³/mol. The summed E-state index contributed by atoms with van der Waals surface area (Å²) in [6, 6.07) is 3.39. The van der Waals surface area contributed by atoms with Crippen molar-refractivity contribution in [3.05, 3.63) is 42.4 Å². The summed E-state index contributed by atoms with van der Waals surface area (Å²) in [6.07, 6.45) is -1.87. The number of carbonyl (C=O) groups is 1. The highest BCUT2D eigenvalue weighted by Gasteiger charge is 2.30. The van der Waals surface area contributed by atoms with Crippen LogP contribution in [0.5, 0.6) is 0 Å². The van der Waals surface area contributed by atoms with Gasteiger partial charge in [0.1, 0.15) is 0 Å². The maximum Gasteiger partial charge on any atom is 0.416 e. The molecule has 0 saturated carbocycles. The van der Waals surface area contributed by atoms with Gasteiger partial charge in [0.05, 0.1) is 11.9 Å². The zero-order valence-electron chi connectivity index (χ0n) is 13.5. The van der Waals surface area contributed by atoms with Gasteiger partial charge in [0, 0.05) is 32.0 Å². The molecule has 0 aliphatic carbocycles. The molecule has 0 aliphatic heterocycles. The van der Waals surface area contributed by atoms with E-state index in [-0.39, 0.29) is 23.8 Å². The van der Waals surface area contributed by atoms with E-state index in [0.29, 0.717) is 0 Å². The van der Waals surface area contributed by atoms with Crippen molar-refractivity contribution in [2.24, 2.45) is 7.05 Å². The first-order valence-electron chi connectivity index (χ1n) is 7.28. The van der Waals surface area contributed by atoms with Gasteiger partial charge in [-0.2, -0.15) is 13.2 Å². The second-order valence-electron chi connectivity index (χ2n) is 5.23. The number of nitrogens with zero attached hydrogens (tertiary/aromatic N) is 2.